The summed E-state index contributed by atoms with van der Waals surface area (Å²) < 4.78 is 5.04. The van der Waals surface area contributed by atoms with Crippen molar-refractivity contribution in [1.82, 2.24) is 5.43 Å². The van der Waals surface area contributed by atoms with Gasteiger partial charge in [0.2, 0.25) is 0 Å². The Morgan fingerprint density at radius 2 is 2.05 bits per heavy atom. The second kappa shape index (κ2) is 6.73. The fraction of sp³-hybridized carbons (Fsp3) is 0.0667. The summed E-state index contributed by atoms with van der Waals surface area (Å²) in [6, 6.07) is 11.2. The molecule has 0 unspecified atom stereocenters. The summed E-state index contributed by atoms with van der Waals surface area (Å²) in [5.74, 6) is 0.209. The van der Waals surface area contributed by atoms with Crippen LogP contribution in [0.2, 0.25) is 0 Å². The van der Waals surface area contributed by atoms with E-state index < -0.39 is 0 Å². The molecular formula is C15H13ClN2O2. The molecule has 2 rings (SSSR count). The summed E-state index contributed by atoms with van der Waals surface area (Å²) in [7, 11) is 0. The van der Waals surface area contributed by atoms with E-state index in [2.05, 4.69) is 10.5 Å². The number of nitrogens with one attached hydrogen (secondary N) is 1. The maximum absolute atomic E-state index is 11.7. The van der Waals surface area contributed by atoms with Gasteiger partial charge < -0.3 is 4.42 Å². The van der Waals surface area contributed by atoms with Crippen LogP contribution >= 0.6 is 11.6 Å². The third-order valence-corrected chi connectivity index (χ3v) is 2.77. The molecule has 0 spiro atoms. The Bertz CT molecular complexity index is 645. The number of carbonyl (C=O) groups is 1. The first-order chi connectivity index (χ1) is 9.66. The molecule has 5 heteroatoms. The Morgan fingerprint density at radius 1 is 1.30 bits per heavy atom. The number of aryl methyl sites for hydroxylation is 1. The summed E-state index contributed by atoms with van der Waals surface area (Å²) >= 11 is 6.00. The molecule has 0 fully saturated rings. The predicted molar refractivity (Wildman–Crippen MR) is 79.7 cm³/mol. The number of amides is 1. The number of nitrogens with zero attached hydrogens (tertiary/aromatic N) is 1. The zero-order valence-electron chi connectivity index (χ0n) is 10.8. The number of hydrogen-bond donors (Lipinski definition) is 1. The van der Waals surface area contributed by atoms with Crippen molar-refractivity contribution < 1.29 is 9.21 Å². The number of hydrogen-bond acceptors (Lipinski definition) is 3. The smallest absolute Gasteiger partial charge is 0.274 e. The first-order valence-corrected chi connectivity index (χ1v) is 6.34. The summed E-state index contributed by atoms with van der Waals surface area (Å²) in [4.78, 5) is 11.7. The normalized spacial score (nSPS) is 11.8. The fourth-order valence-corrected chi connectivity index (χ4v) is 1.75. The lowest BCUT2D eigenvalue weighted by Crippen LogP contribution is -2.17. The number of benzene rings is 1. The Balaban J connectivity index is 1.95. The van der Waals surface area contributed by atoms with E-state index in [1.54, 1.807) is 19.1 Å². The van der Waals surface area contributed by atoms with Gasteiger partial charge in [-0.1, -0.05) is 41.9 Å². The van der Waals surface area contributed by atoms with Gasteiger partial charge in [0.25, 0.3) is 5.91 Å². The first-order valence-electron chi connectivity index (χ1n) is 5.96. The van der Waals surface area contributed by atoms with E-state index in [-0.39, 0.29) is 5.91 Å². The van der Waals surface area contributed by atoms with Crippen molar-refractivity contribution in [3.63, 3.8) is 0 Å². The molecule has 0 aliphatic rings. The number of allylic oxidation sites excluding steroid dienone is 1. The van der Waals surface area contributed by atoms with Gasteiger partial charge in [-0.25, -0.2) is 5.43 Å². The molecule has 20 heavy (non-hydrogen) atoms. The number of carbonyl (C=O) groups excluding carboxylic acids is 1. The molecular weight excluding hydrogens is 276 g/mol. The highest BCUT2D eigenvalue weighted by Crippen LogP contribution is 2.09. The predicted octanol–water partition coefficient (Wildman–Crippen LogP) is 3.58. The Hall–Kier alpha value is -2.33. The molecule has 102 valence electrons. The minimum Gasteiger partial charge on any atom is -0.469 e. The van der Waals surface area contributed by atoms with E-state index in [0.29, 0.717) is 16.4 Å². The molecule has 2 aromatic rings. The van der Waals surface area contributed by atoms with Crippen molar-refractivity contribution in [1.29, 1.82) is 0 Å². The topological polar surface area (TPSA) is 54.6 Å². The Kier molecular flexibility index (Phi) is 4.74. The monoisotopic (exact) mass is 288 g/mol. The van der Waals surface area contributed by atoms with Gasteiger partial charge >= 0.3 is 0 Å². The first kappa shape index (κ1) is 14.1. The van der Waals surface area contributed by atoms with E-state index in [0.717, 1.165) is 5.56 Å². The van der Waals surface area contributed by atoms with Crippen LogP contribution in [0, 0.1) is 6.92 Å². The molecule has 1 amide bonds. The second-order valence-corrected chi connectivity index (χ2v) is 4.47. The van der Waals surface area contributed by atoms with E-state index in [4.69, 9.17) is 16.0 Å². The molecule has 0 saturated heterocycles. The maximum Gasteiger partial charge on any atom is 0.274 e. The zero-order chi connectivity index (χ0) is 14.4. The molecule has 0 saturated carbocycles. The van der Waals surface area contributed by atoms with Crippen molar-refractivity contribution in [3.05, 3.63) is 64.6 Å². The third kappa shape index (κ3) is 3.83. The lowest BCUT2D eigenvalue weighted by Gasteiger charge is -1.97. The van der Waals surface area contributed by atoms with Crippen molar-refractivity contribution in [2.24, 2.45) is 5.10 Å². The van der Waals surface area contributed by atoms with Gasteiger partial charge in [-0.15, -0.1) is 0 Å². The lowest BCUT2D eigenvalue weighted by atomic mass is 10.2. The van der Waals surface area contributed by atoms with Crippen molar-refractivity contribution in [3.8, 4) is 0 Å². The number of hydrazone groups is 1. The Labute approximate surface area is 121 Å². The molecule has 1 aromatic carbocycles. The highest BCUT2D eigenvalue weighted by Gasteiger charge is 2.09. The SMILES string of the molecule is Cc1occc1C(=O)N/N=C/C(Cl)=Cc1ccccc1. The standard InChI is InChI=1S/C15H13ClN2O2/c1-11-14(7-8-20-11)15(19)18-17-10-13(16)9-12-5-3-2-4-6-12/h2-10H,1H3,(H,18,19)/b13-9?,17-10+. The van der Waals surface area contributed by atoms with Crippen LogP contribution in [0.25, 0.3) is 6.08 Å². The Morgan fingerprint density at radius 3 is 2.70 bits per heavy atom. The average Bonchev–Trinajstić information content (AvgIpc) is 2.86. The minimum absolute atomic E-state index is 0.336. The second-order valence-electron chi connectivity index (χ2n) is 4.03. The summed E-state index contributed by atoms with van der Waals surface area (Å²) in [6.45, 7) is 1.71. The quantitative estimate of drug-likeness (QED) is 0.690. The minimum atomic E-state index is -0.336. The number of halogens is 1. The molecule has 1 aromatic heterocycles. The van der Waals surface area contributed by atoms with Crippen LogP contribution in [0.3, 0.4) is 0 Å². The molecule has 0 aliphatic heterocycles. The molecule has 4 nitrogen and oxygen atoms in total. The van der Waals surface area contributed by atoms with E-state index in [1.165, 1.54) is 12.5 Å². The van der Waals surface area contributed by atoms with E-state index in [1.807, 2.05) is 30.3 Å². The van der Waals surface area contributed by atoms with Gasteiger partial charge in [0.15, 0.2) is 0 Å². The van der Waals surface area contributed by atoms with Crippen molar-refractivity contribution in [2.45, 2.75) is 6.92 Å². The molecule has 0 atom stereocenters. The maximum atomic E-state index is 11.7. The van der Waals surface area contributed by atoms with Gasteiger partial charge in [-0.3, -0.25) is 4.79 Å². The highest BCUT2D eigenvalue weighted by atomic mass is 35.5. The summed E-state index contributed by atoms with van der Waals surface area (Å²) in [5.41, 5.74) is 3.80. The highest BCUT2D eigenvalue weighted by molar-refractivity contribution is 6.41. The number of rotatable bonds is 4. The number of furan rings is 1. The third-order valence-electron chi connectivity index (χ3n) is 2.56. The average molecular weight is 289 g/mol. The van der Waals surface area contributed by atoms with Crippen molar-refractivity contribution >= 4 is 29.8 Å². The van der Waals surface area contributed by atoms with Crippen LogP contribution < -0.4 is 5.43 Å². The van der Waals surface area contributed by atoms with Gasteiger partial charge in [0.05, 0.1) is 23.1 Å². The molecule has 1 N–H and O–H groups in total. The van der Waals surface area contributed by atoms with Crippen LogP contribution in [-0.4, -0.2) is 12.1 Å². The zero-order valence-corrected chi connectivity index (χ0v) is 11.6. The largest absolute Gasteiger partial charge is 0.469 e. The molecule has 0 radical (unpaired) electrons. The van der Waals surface area contributed by atoms with Crippen LogP contribution in [0.5, 0.6) is 0 Å². The van der Waals surface area contributed by atoms with Crippen LogP contribution in [0.1, 0.15) is 21.7 Å². The van der Waals surface area contributed by atoms with E-state index >= 15 is 0 Å². The van der Waals surface area contributed by atoms with Crippen LogP contribution in [0.15, 0.2) is 57.2 Å². The lowest BCUT2D eigenvalue weighted by molar-refractivity contribution is 0.0953. The van der Waals surface area contributed by atoms with E-state index in [9.17, 15) is 4.79 Å². The van der Waals surface area contributed by atoms with Crippen molar-refractivity contribution in [2.75, 3.05) is 0 Å². The van der Waals surface area contributed by atoms with Gasteiger partial charge in [-0.05, 0) is 24.6 Å². The van der Waals surface area contributed by atoms with Crippen LogP contribution in [-0.2, 0) is 0 Å². The molecule has 1 heterocycles. The van der Waals surface area contributed by atoms with Crippen LogP contribution in [0.4, 0.5) is 0 Å². The summed E-state index contributed by atoms with van der Waals surface area (Å²) in [6.07, 6.45) is 4.58. The molecule has 0 aliphatic carbocycles. The summed E-state index contributed by atoms with van der Waals surface area (Å²) in [5, 5.41) is 4.22. The van der Waals surface area contributed by atoms with Gasteiger partial charge in [0, 0.05) is 0 Å². The fourth-order valence-electron chi connectivity index (χ4n) is 1.58. The van der Waals surface area contributed by atoms with Gasteiger partial charge in [0.1, 0.15) is 5.76 Å². The molecule has 0 bridgehead atoms. The van der Waals surface area contributed by atoms with Gasteiger partial charge in [-0.2, -0.15) is 5.10 Å².